The van der Waals surface area contributed by atoms with Crippen LogP contribution in [0.1, 0.15) is 54.4 Å². The fourth-order valence-electron chi connectivity index (χ4n) is 2.39. The highest BCUT2D eigenvalue weighted by Gasteiger charge is 2.39. The van der Waals surface area contributed by atoms with Crippen LogP contribution in [0, 0.1) is 5.92 Å². The second kappa shape index (κ2) is 16.4. The predicted octanol–water partition coefficient (Wildman–Crippen LogP) is 4.36. The Morgan fingerprint density at radius 1 is 0.680 bits per heavy atom. The highest BCUT2D eigenvalue weighted by Crippen LogP contribution is 2.19. The van der Waals surface area contributed by atoms with E-state index < -0.39 is 17.6 Å². The molecule has 25 heavy (non-hydrogen) atoms. The molecule has 0 radical (unpaired) electrons. The zero-order valence-electron chi connectivity index (χ0n) is 18.0. The number of unbranched alkanes of at least 4 members (excludes halogenated alkanes) is 1. The summed E-state index contributed by atoms with van der Waals surface area (Å²) in [5.41, 5.74) is 0. The summed E-state index contributed by atoms with van der Waals surface area (Å²) in [7, 11) is 0.324. The van der Waals surface area contributed by atoms with Gasteiger partial charge in [-0.15, -0.1) is 0 Å². The molecule has 0 saturated heterocycles. The van der Waals surface area contributed by atoms with E-state index in [9.17, 15) is 0 Å². The van der Waals surface area contributed by atoms with E-state index in [1.165, 1.54) is 0 Å². The normalized spacial score (nSPS) is 12.2. The van der Waals surface area contributed by atoms with Crippen molar-refractivity contribution in [3.63, 3.8) is 0 Å². The minimum Gasteiger partial charge on any atom is -0.377 e. The zero-order chi connectivity index (χ0) is 19.8. The lowest BCUT2D eigenvalue weighted by Crippen LogP contribution is -2.45. The lowest BCUT2D eigenvalue weighted by molar-refractivity contribution is 0.0707. The van der Waals surface area contributed by atoms with Gasteiger partial charge in [-0.25, -0.2) is 0 Å². The first-order valence-electron chi connectivity index (χ1n) is 9.41. The Kier molecular flexibility index (Phi) is 18.0. The van der Waals surface area contributed by atoms with Crippen LogP contribution < -0.4 is 0 Å². The molecule has 6 nitrogen and oxygen atoms in total. The first-order chi connectivity index (χ1) is 11.8. The van der Waals surface area contributed by atoms with Crippen LogP contribution in [-0.4, -0.2) is 58.8 Å². The molecule has 0 spiro atoms. The standard InChI is InChI=1S/C10H24O3Si.C7H18O3Si/c1-5-9-10-14(11-6-2,12-7-3)13-8-4;1-7(2)6-11(8-3,9-4)10-5/h5-10H2,1-4H3;7H,6H2,1-5H3. The molecule has 0 saturated carbocycles. The molecule has 0 aliphatic rings. The lowest BCUT2D eigenvalue weighted by atomic mass is 10.3. The summed E-state index contributed by atoms with van der Waals surface area (Å²) in [6, 6.07) is 1.82. The van der Waals surface area contributed by atoms with Crippen LogP contribution >= 0.6 is 0 Å². The second-order valence-corrected chi connectivity index (χ2v) is 11.7. The molecule has 0 N–H and O–H groups in total. The van der Waals surface area contributed by atoms with Crippen LogP contribution in [0.3, 0.4) is 0 Å². The Bertz CT molecular complexity index is 263. The maximum atomic E-state index is 5.71. The minimum atomic E-state index is -2.32. The number of rotatable bonds is 14. The van der Waals surface area contributed by atoms with Crippen molar-refractivity contribution in [1.82, 2.24) is 0 Å². The first-order valence-corrected chi connectivity index (χ1v) is 13.3. The van der Waals surface area contributed by atoms with Crippen molar-refractivity contribution in [1.29, 1.82) is 0 Å². The molecule has 0 atom stereocenters. The van der Waals surface area contributed by atoms with E-state index in [-0.39, 0.29) is 0 Å². The van der Waals surface area contributed by atoms with E-state index in [0.29, 0.717) is 25.7 Å². The van der Waals surface area contributed by atoms with Crippen molar-refractivity contribution in [2.45, 2.75) is 66.5 Å². The van der Waals surface area contributed by atoms with E-state index in [4.69, 9.17) is 26.6 Å². The van der Waals surface area contributed by atoms with Crippen LogP contribution in [-0.2, 0) is 26.6 Å². The molecule has 0 bridgehead atoms. The van der Waals surface area contributed by atoms with Crippen molar-refractivity contribution in [3.8, 4) is 0 Å². The average Bonchev–Trinajstić information content (AvgIpc) is 2.59. The molecule has 8 heteroatoms. The van der Waals surface area contributed by atoms with Crippen molar-refractivity contribution < 1.29 is 26.6 Å². The Balaban J connectivity index is 0. The molecular formula is C17H42O6Si2. The monoisotopic (exact) mass is 398 g/mol. The average molecular weight is 399 g/mol. The van der Waals surface area contributed by atoms with E-state index in [2.05, 4.69) is 20.8 Å². The van der Waals surface area contributed by atoms with Gasteiger partial charge in [0.15, 0.2) is 0 Å². The molecule has 0 amide bonds. The molecule has 0 fully saturated rings. The third kappa shape index (κ3) is 12.2. The molecule has 0 aliphatic heterocycles. The van der Waals surface area contributed by atoms with Crippen LogP contribution in [0.4, 0.5) is 0 Å². The van der Waals surface area contributed by atoms with Crippen LogP contribution in [0.2, 0.25) is 12.1 Å². The minimum absolute atomic E-state index is 0.543. The fraction of sp³-hybridized carbons (Fsp3) is 1.00. The molecule has 154 valence electrons. The summed E-state index contributed by atoms with van der Waals surface area (Å²) in [4.78, 5) is 0. The summed E-state index contributed by atoms with van der Waals surface area (Å²) in [6.07, 6.45) is 2.27. The van der Waals surface area contributed by atoms with Crippen molar-refractivity contribution in [2.75, 3.05) is 41.2 Å². The van der Waals surface area contributed by atoms with Gasteiger partial charge in [0, 0.05) is 53.2 Å². The predicted molar refractivity (Wildman–Crippen MR) is 107 cm³/mol. The molecule has 0 aromatic carbocycles. The Morgan fingerprint density at radius 3 is 1.28 bits per heavy atom. The highest BCUT2D eigenvalue weighted by atomic mass is 28.4. The summed E-state index contributed by atoms with van der Waals surface area (Å²) in [5.74, 6) is 0.543. The van der Waals surface area contributed by atoms with Crippen molar-refractivity contribution in [3.05, 3.63) is 0 Å². The third-order valence-corrected chi connectivity index (χ3v) is 9.85. The second-order valence-electron chi connectivity index (χ2n) is 5.98. The summed E-state index contributed by atoms with van der Waals surface area (Å²) in [5, 5.41) is 0. The summed E-state index contributed by atoms with van der Waals surface area (Å²) >= 11 is 0. The van der Waals surface area contributed by atoms with Gasteiger partial charge in [0.25, 0.3) is 0 Å². The smallest absolute Gasteiger partial charge is 0.377 e. The molecule has 0 unspecified atom stereocenters. The van der Waals surface area contributed by atoms with E-state index >= 15 is 0 Å². The van der Waals surface area contributed by atoms with Crippen molar-refractivity contribution >= 4 is 17.6 Å². The summed E-state index contributed by atoms with van der Waals surface area (Å²) < 4.78 is 32.8. The molecule has 0 aromatic heterocycles. The van der Waals surface area contributed by atoms with Gasteiger partial charge in [-0.2, -0.15) is 0 Å². The third-order valence-electron chi connectivity index (χ3n) is 3.52. The fourth-order valence-corrected chi connectivity index (χ4v) is 7.18. The zero-order valence-corrected chi connectivity index (χ0v) is 20.0. The quantitative estimate of drug-likeness (QED) is 0.405. The summed E-state index contributed by atoms with van der Waals surface area (Å²) in [6.45, 7) is 14.4. The van der Waals surface area contributed by atoms with E-state index in [1.54, 1.807) is 21.3 Å². The molecule has 0 heterocycles. The van der Waals surface area contributed by atoms with Gasteiger partial charge in [-0.1, -0.05) is 27.2 Å². The SMILES string of the molecule is CCCC[Si](OCC)(OCC)OCC.CO[Si](CC(C)C)(OC)OC. The molecule has 0 aromatic rings. The Morgan fingerprint density at radius 2 is 1.08 bits per heavy atom. The topological polar surface area (TPSA) is 55.4 Å². The highest BCUT2D eigenvalue weighted by molar-refractivity contribution is 6.61. The van der Waals surface area contributed by atoms with Gasteiger partial charge < -0.3 is 26.6 Å². The van der Waals surface area contributed by atoms with Gasteiger partial charge in [-0.3, -0.25) is 0 Å². The number of hydrogen-bond donors (Lipinski definition) is 0. The van der Waals surface area contributed by atoms with Crippen LogP contribution in [0.25, 0.3) is 0 Å². The maximum absolute atomic E-state index is 5.71. The van der Waals surface area contributed by atoms with Crippen LogP contribution in [0.15, 0.2) is 0 Å². The van der Waals surface area contributed by atoms with Gasteiger partial charge in [0.2, 0.25) is 0 Å². The first kappa shape index (κ1) is 27.4. The van der Waals surface area contributed by atoms with E-state index in [1.807, 2.05) is 20.8 Å². The van der Waals surface area contributed by atoms with Gasteiger partial charge >= 0.3 is 17.6 Å². The number of hydrogen-bond acceptors (Lipinski definition) is 6. The van der Waals surface area contributed by atoms with Gasteiger partial charge in [0.1, 0.15) is 0 Å². The van der Waals surface area contributed by atoms with Gasteiger partial charge in [-0.05, 0) is 33.1 Å². The van der Waals surface area contributed by atoms with Gasteiger partial charge in [0.05, 0.1) is 0 Å². The molecule has 0 aliphatic carbocycles. The van der Waals surface area contributed by atoms with Crippen LogP contribution in [0.5, 0.6) is 0 Å². The largest absolute Gasteiger partial charge is 0.500 e. The Labute approximate surface area is 158 Å². The van der Waals surface area contributed by atoms with E-state index in [0.717, 1.165) is 24.9 Å². The lowest BCUT2D eigenvalue weighted by Gasteiger charge is -2.28. The maximum Gasteiger partial charge on any atom is 0.500 e. The molecular weight excluding hydrogens is 356 g/mol. The molecule has 0 rings (SSSR count). The Hall–Kier alpha value is 0.194. The van der Waals surface area contributed by atoms with Crippen molar-refractivity contribution in [2.24, 2.45) is 5.92 Å².